The van der Waals surface area contributed by atoms with Crippen LogP contribution < -0.4 is 0 Å². The third-order valence-electron chi connectivity index (χ3n) is 1.03. The van der Waals surface area contributed by atoms with E-state index in [0.29, 0.717) is 6.42 Å². The van der Waals surface area contributed by atoms with Crippen LogP contribution in [0.2, 0.25) is 0 Å². The quantitative estimate of drug-likeness (QED) is 0.545. The highest BCUT2D eigenvalue weighted by Gasteiger charge is 2.13. The summed E-state index contributed by atoms with van der Waals surface area (Å²) in [7, 11) is 0. The molecule has 12 heavy (non-hydrogen) atoms. The number of carboxylic acids is 1. The lowest BCUT2D eigenvalue weighted by Gasteiger charge is -1.97. The van der Waals surface area contributed by atoms with Gasteiger partial charge in [0.2, 0.25) is 0 Å². The summed E-state index contributed by atoms with van der Waals surface area (Å²) in [4.78, 5) is 10.1. The first-order valence-corrected chi connectivity index (χ1v) is 4.33. The van der Waals surface area contributed by atoms with Crippen LogP contribution in [-0.4, -0.2) is 15.8 Å². The molecular weight excluding hydrogens is 194 g/mol. The molecular formula is C7H11NO2S2. The Morgan fingerprint density at radius 2 is 2.33 bits per heavy atom. The van der Waals surface area contributed by atoms with Crippen LogP contribution in [0, 0.1) is 17.2 Å². The highest BCUT2D eigenvalue weighted by molar-refractivity contribution is 8.08. The molecule has 1 atom stereocenters. The Hall–Kier alpha value is -0.600. The number of thiol groups is 1. The third kappa shape index (κ3) is 9.40. The lowest BCUT2D eigenvalue weighted by Crippen LogP contribution is -2.10. The zero-order valence-electron chi connectivity index (χ0n) is 6.73. The zero-order valence-corrected chi connectivity index (χ0v) is 8.44. The highest BCUT2D eigenvalue weighted by atomic mass is 32.1. The topological polar surface area (TPSA) is 61.1 Å². The van der Waals surface area contributed by atoms with E-state index in [0.717, 1.165) is 6.42 Å². The molecule has 1 unspecified atom stereocenters. The number of carbonyl (C=O) groups is 1. The van der Waals surface area contributed by atoms with E-state index in [4.69, 9.17) is 10.4 Å². The smallest absolute Gasteiger partial charge is 0.320 e. The zero-order chi connectivity index (χ0) is 9.98. The largest absolute Gasteiger partial charge is 0.480 e. The Morgan fingerprint density at radius 3 is 2.42 bits per heavy atom. The fourth-order valence-corrected chi connectivity index (χ4v) is 0.532. The normalized spacial score (nSPS) is 10.1. The maximum atomic E-state index is 10.1. The van der Waals surface area contributed by atoms with Gasteiger partial charge in [0.25, 0.3) is 0 Å². The Labute approximate surface area is 82.8 Å². The fraction of sp³-hybridized carbons (Fsp3) is 0.571. The molecule has 5 heteroatoms. The van der Waals surface area contributed by atoms with Gasteiger partial charge >= 0.3 is 5.97 Å². The molecule has 0 aliphatic carbocycles. The molecule has 3 nitrogen and oxygen atoms in total. The second-order valence-electron chi connectivity index (χ2n) is 1.91. The SMILES string of the molecule is CCCC(C#N)C(=O)O.S=CS. The van der Waals surface area contributed by atoms with E-state index in [1.807, 2.05) is 6.92 Å². The van der Waals surface area contributed by atoms with E-state index in [1.165, 1.54) is 4.70 Å². The summed E-state index contributed by atoms with van der Waals surface area (Å²) in [5, 5.41) is 16.5. The fourth-order valence-electron chi connectivity index (χ4n) is 0.532. The van der Waals surface area contributed by atoms with Crippen molar-refractivity contribution in [2.45, 2.75) is 19.8 Å². The van der Waals surface area contributed by atoms with Gasteiger partial charge in [0.1, 0.15) is 5.92 Å². The molecule has 0 spiro atoms. The van der Waals surface area contributed by atoms with Crippen LogP contribution in [0.25, 0.3) is 0 Å². The van der Waals surface area contributed by atoms with Gasteiger partial charge in [-0.2, -0.15) is 5.26 Å². The molecule has 0 aliphatic rings. The molecule has 0 aromatic carbocycles. The third-order valence-corrected chi connectivity index (χ3v) is 1.03. The Balaban J connectivity index is 0. The Bertz CT molecular complexity index is 177. The summed E-state index contributed by atoms with van der Waals surface area (Å²) < 4.78 is 1.28. The molecule has 0 amide bonds. The number of nitrogens with zero attached hydrogens (tertiary/aromatic N) is 1. The molecule has 0 radical (unpaired) electrons. The molecule has 0 heterocycles. The lowest BCUT2D eigenvalue weighted by molar-refractivity contribution is -0.139. The number of thiocarbonyl (C=S) groups is 1. The van der Waals surface area contributed by atoms with Crippen LogP contribution in [0.15, 0.2) is 0 Å². The lowest BCUT2D eigenvalue weighted by atomic mass is 10.1. The molecule has 68 valence electrons. The molecule has 1 N–H and O–H groups in total. The predicted octanol–water partition coefficient (Wildman–Crippen LogP) is 1.88. The minimum atomic E-state index is -1.01. The Kier molecular flexibility index (Phi) is 12.1. The maximum absolute atomic E-state index is 10.1. The first-order chi connectivity index (χ1) is 5.63. The van der Waals surface area contributed by atoms with Crippen molar-refractivity contribution in [2.75, 3.05) is 0 Å². The monoisotopic (exact) mass is 205 g/mol. The Morgan fingerprint density at radius 1 is 1.92 bits per heavy atom. The molecule has 0 bridgehead atoms. The second kappa shape index (κ2) is 10.4. The summed E-state index contributed by atoms with van der Waals surface area (Å²) in [6, 6.07) is 1.70. The summed E-state index contributed by atoms with van der Waals surface area (Å²) in [6.07, 6.45) is 1.19. The number of carboxylic acid groups (broad SMARTS) is 1. The van der Waals surface area contributed by atoms with E-state index in [9.17, 15) is 4.79 Å². The molecule has 0 aromatic heterocycles. The molecule has 0 saturated carbocycles. The van der Waals surface area contributed by atoms with Crippen LogP contribution >= 0.6 is 24.8 Å². The van der Waals surface area contributed by atoms with Crippen LogP contribution in [0.1, 0.15) is 19.8 Å². The summed E-state index contributed by atoms with van der Waals surface area (Å²) in [5.41, 5.74) is 0. The van der Waals surface area contributed by atoms with Gasteiger partial charge in [-0.25, -0.2) is 0 Å². The number of rotatable bonds is 3. The van der Waals surface area contributed by atoms with E-state index in [-0.39, 0.29) is 0 Å². The second-order valence-corrected chi connectivity index (χ2v) is 2.76. The molecule has 0 rings (SSSR count). The minimum absolute atomic E-state index is 0.450. The highest BCUT2D eigenvalue weighted by Crippen LogP contribution is 2.03. The summed E-state index contributed by atoms with van der Waals surface area (Å²) in [6.45, 7) is 1.85. The molecule has 0 aromatic rings. The van der Waals surface area contributed by atoms with Crippen molar-refractivity contribution in [1.82, 2.24) is 0 Å². The van der Waals surface area contributed by atoms with E-state index >= 15 is 0 Å². The van der Waals surface area contributed by atoms with Crippen molar-refractivity contribution in [1.29, 1.82) is 5.26 Å². The van der Waals surface area contributed by atoms with Gasteiger partial charge in [-0.3, -0.25) is 4.79 Å². The molecule has 0 fully saturated rings. The van der Waals surface area contributed by atoms with Gasteiger partial charge < -0.3 is 5.11 Å². The van der Waals surface area contributed by atoms with Gasteiger partial charge in [-0.15, -0.1) is 12.6 Å². The molecule has 0 aliphatic heterocycles. The van der Waals surface area contributed by atoms with Crippen molar-refractivity contribution in [3.8, 4) is 6.07 Å². The first kappa shape index (κ1) is 14.0. The van der Waals surface area contributed by atoms with Crippen molar-refractivity contribution in [3.63, 3.8) is 0 Å². The van der Waals surface area contributed by atoms with Crippen molar-refractivity contribution < 1.29 is 9.90 Å². The number of nitriles is 1. The van der Waals surface area contributed by atoms with Crippen LogP contribution in [0.5, 0.6) is 0 Å². The van der Waals surface area contributed by atoms with Crippen molar-refractivity contribution >= 4 is 35.5 Å². The predicted molar refractivity (Wildman–Crippen MR) is 54.3 cm³/mol. The number of hydrogen-bond acceptors (Lipinski definition) is 3. The van der Waals surface area contributed by atoms with E-state index in [2.05, 4.69) is 24.8 Å². The van der Waals surface area contributed by atoms with Crippen molar-refractivity contribution in [3.05, 3.63) is 0 Å². The number of aliphatic carboxylic acids is 1. The van der Waals surface area contributed by atoms with Crippen molar-refractivity contribution in [2.24, 2.45) is 5.92 Å². The average Bonchev–Trinajstić information content (AvgIpc) is 2.01. The van der Waals surface area contributed by atoms with Crippen LogP contribution in [0.3, 0.4) is 0 Å². The first-order valence-electron chi connectivity index (χ1n) is 3.34. The summed E-state index contributed by atoms with van der Waals surface area (Å²) >= 11 is 7.61. The maximum Gasteiger partial charge on any atom is 0.320 e. The van der Waals surface area contributed by atoms with Gasteiger partial charge in [0.15, 0.2) is 0 Å². The van der Waals surface area contributed by atoms with Gasteiger partial charge in [0.05, 0.1) is 6.07 Å². The van der Waals surface area contributed by atoms with Gasteiger partial charge in [0, 0.05) is 4.70 Å². The van der Waals surface area contributed by atoms with Crippen LogP contribution in [-0.2, 0) is 4.79 Å². The van der Waals surface area contributed by atoms with Gasteiger partial charge in [-0.1, -0.05) is 25.6 Å². The van der Waals surface area contributed by atoms with Gasteiger partial charge in [-0.05, 0) is 6.42 Å². The van der Waals surface area contributed by atoms with E-state index < -0.39 is 11.9 Å². The average molecular weight is 205 g/mol. The molecule has 0 saturated heterocycles. The minimum Gasteiger partial charge on any atom is -0.480 e. The summed E-state index contributed by atoms with van der Waals surface area (Å²) in [5.74, 6) is -1.82. The van der Waals surface area contributed by atoms with E-state index in [1.54, 1.807) is 6.07 Å². The number of hydrogen-bond donors (Lipinski definition) is 2. The standard InChI is InChI=1S/C6H9NO2.CH2S2/c1-2-3-5(4-7)6(8)9;2-1-3/h5H,2-3H2,1H3,(H,8,9);1H,(H,2,3). The van der Waals surface area contributed by atoms with Crippen LogP contribution in [0.4, 0.5) is 0 Å².